The topological polar surface area (TPSA) is 38.3 Å². The van der Waals surface area contributed by atoms with E-state index >= 15 is 0 Å². The first-order valence-corrected chi connectivity index (χ1v) is 6.89. The highest BCUT2D eigenvalue weighted by atomic mass is 79.9. The molecule has 0 saturated heterocycles. The molecule has 0 unspecified atom stereocenters. The number of carbonyl (C=O) groups excluding carboxylic acids is 1. The van der Waals surface area contributed by atoms with Crippen molar-refractivity contribution in [1.29, 1.82) is 0 Å². The second-order valence-corrected chi connectivity index (χ2v) is 5.31. The highest BCUT2D eigenvalue weighted by Crippen LogP contribution is 2.28. The molecule has 0 radical (unpaired) electrons. The van der Waals surface area contributed by atoms with Crippen molar-refractivity contribution in [3.8, 4) is 5.75 Å². The van der Waals surface area contributed by atoms with Crippen LogP contribution in [0.5, 0.6) is 5.75 Å². The first-order chi connectivity index (χ1) is 9.92. The van der Waals surface area contributed by atoms with Gasteiger partial charge in [0.15, 0.2) is 0 Å². The number of anilines is 1. The van der Waals surface area contributed by atoms with E-state index in [1.165, 1.54) is 7.11 Å². The third-order valence-electron chi connectivity index (χ3n) is 2.68. The largest absolute Gasteiger partial charge is 0.497 e. The number of carbonyl (C=O) groups is 1. The first-order valence-electron chi connectivity index (χ1n) is 5.72. The molecule has 0 aromatic heterocycles. The lowest BCUT2D eigenvalue weighted by Crippen LogP contribution is -2.14. The Hall–Kier alpha value is -1.66. The van der Waals surface area contributed by atoms with Gasteiger partial charge < -0.3 is 10.1 Å². The minimum atomic E-state index is -0.905. The van der Waals surface area contributed by atoms with Gasteiger partial charge in [0.1, 0.15) is 17.4 Å². The fourth-order valence-electron chi connectivity index (χ4n) is 1.61. The summed E-state index contributed by atoms with van der Waals surface area (Å²) in [6.45, 7) is 0. The second-order valence-electron chi connectivity index (χ2n) is 4.05. The zero-order chi connectivity index (χ0) is 15.6. The van der Waals surface area contributed by atoms with Crippen molar-refractivity contribution in [3.05, 3.63) is 57.0 Å². The Morgan fingerprint density at radius 3 is 2.62 bits per heavy atom. The van der Waals surface area contributed by atoms with Gasteiger partial charge in [-0.25, -0.2) is 8.78 Å². The molecule has 2 aromatic rings. The summed E-state index contributed by atoms with van der Waals surface area (Å²) in [4.78, 5) is 12.0. The van der Waals surface area contributed by atoms with E-state index in [-0.39, 0.29) is 5.02 Å². The van der Waals surface area contributed by atoms with Crippen molar-refractivity contribution in [3.63, 3.8) is 0 Å². The first kappa shape index (κ1) is 15.7. The quantitative estimate of drug-likeness (QED) is 0.793. The summed E-state index contributed by atoms with van der Waals surface area (Å²) in [5, 5.41) is 2.09. The van der Waals surface area contributed by atoms with Crippen molar-refractivity contribution in [2.45, 2.75) is 0 Å². The van der Waals surface area contributed by atoms with Crippen LogP contribution in [0.1, 0.15) is 10.4 Å². The van der Waals surface area contributed by atoms with Gasteiger partial charge in [-0.05, 0) is 40.2 Å². The Morgan fingerprint density at radius 2 is 1.95 bits per heavy atom. The van der Waals surface area contributed by atoms with E-state index in [0.717, 1.165) is 12.1 Å². The van der Waals surface area contributed by atoms with Crippen molar-refractivity contribution in [2.24, 2.45) is 0 Å². The Kier molecular flexibility index (Phi) is 4.80. The second kappa shape index (κ2) is 6.41. The lowest BCUT2D eigenvalue weighted by molar-refractivity contribution is 0.102. The lowest BCUT2D eigenvalue weighted by atomic mass is 10.2. The number of methoxy groups -OCH3 is 1. The maximum absolute atomic E-state index is 13.7. The number of ether oxygens (including phenoxy) is 1. The summed E-state index contributed by atoms with van der Waals surface area (Å²) in [5.74, 6) is -2.06. The lowest BCUT2D eigenvalue weighted by Gasteiger charge is -2.10. The number of rotatable bonds is 3. The van der Waals surface area contributed by atoms with Gasteiger partial charge in [-0.15, -0.1) is 0 Å². The van der Waals surface area contributed by atoms with Crippen LogP contribution >= 0.6 is 27.5 Å². The SMILES string of the molecule is COc1ccc(Br)c(NC(=O)c2cc(F)c(Cl)cc2F)c1. The number of hydrogen-bond donors (Lipinski definition) is 1. The molecule has 2 rings (SSSR count). The van der Waals surface area contributed by atoms with Gasteiger partial charge in [0, 0.05) is 10.5 Å². The third kappa shape index (κ3) is 3.51. The number of halogens is 4. The average Bonchev–Trinajstić information content (AvgIpc) is 2.45. The van der Waals surface area contributed by atoms with Crippen LogP contribution < -0.4 is 10.1 Å². The highest BCUT2D eigenvalue weighted by Gasteiger charge is 2.16. The van der Waals surface area contributed by atoms with E-state index in [4.69, 9.17) is 16.3 Å². The van der Waals surface area contributed by atoms with Gasteiger partial charge in [0.2, 0.25) is 0 Å². The third-order valence-corrected chi connectivity index (χ3v) is 3.66. The molecule has 0 aliphatic heterocycles. The molecule has 0 heterocycles. The Bertz CT molecular complexity index is 710. The molecule has 3 nitrogen and oxygen atoms in total. The maximum atomic E-state index is 13.7. The molecule has 0 aliphatic carbocycles. The monoisotopic (exact) mass is 375 g/mol. The molecule has 1 N–H and O–H groups in total. The van der Waals surface area contributed by atoms with Gasteiger partial charge in [0.05, 0.1) is 23.4 Å². The normalized spacial score (nSPS) is 10.3. The number of benzene rings is 2. The number of amides is 1. The molecule has 0 atom stereocenters. The van der Waals surface area contributed by atoms with E-state index in [2.05, 4.69) is 21.2 Å². The zero-order valence-corrected chi connectivity index (χ0v) is 13.1. The molecule has 1 amide bonds. The Morgan fingerprint density at radius 1 is 1.24 bits per heavy atom. The fourth-order valence-corrected chi connectivity index (χ4v) is 2.11. The van der Waals surface area contributed by atoms with Crippen LogP contribution in [-0.2, 0) is 0 Å². The van der Waals surface area contributed by atoms with Crippen LogP contribution in [0.25, 0.3) is 0 Å². The van der Waals surface area contributed by atoms with E-state index in [9.17, 15) is 13.6 Å². The maximum Gasteiger partial charge on any atom is 0.258 e. The Balaban J connectivity index is 2.32. The average molecular weight is 377 g/mol. The van der Waals surface area contributed by atoms with E-state index in [1.807, 2.05) is 0 Å². The van der Waals surface area contributed by atoms with Gasteiger partial charge in [-0.1, -0.05) is 11.6 Å². The van der Waals surface area contributed by atoms with Crippen LogP contribution in [0.2, 0.25) is 5.02 Å². The molecule has 7 heteroatoms. The molecule has 21 heavy (non-hydrogen) atoms. The predicted octanol–water partition coefficient (Wildman–Crippen LogP) is 4.64. The van der Waals surface area contributed by atoms with Crippen molar-refractivity contribution in [2.75, 3.05) is 12.4 Å². The van der Waals surface area contributed by atoms with Crippen molar-refractivity contribution >= 4 is 39.1 Å². The van der Waals surface area contributed by atoms with E-state index in [0.29, 0.717) is 15.9 Å². The predicted molar refractivity (Wildman–Crippen MR) is 80.0 cm³/mol. The molecule has 0 saturated carbocycles. The van der Waals surface area contributed by atoms with Gasteiger partial charge in [0.25, 0.3) is 5.91 Å². The van der Waals surface area contributed by atoms with Gasteiger partial charge in [-0.2, -0.15) is 0 Å². The van der Waals surface area contributed by atoms with Crippen LogP contribution in [0, 0.1) is 11.6 Å². The van der Waals surface area contributed by atoms with Gasteiger partial charge >= 0.3 is 0 Å². The van der Waals surface area contributed by atoms with Crippen molar-refractivity contribution < 1.29 is 18.3 Å². The fraction of sp³-hybridized carbons (Fsp3) is 0.0714. The van der Waals surface area contributed by atoms with Gasteiger partial charge in [-0.3, -0.25) is 4.79 Å². The van der Waals surface area contributed by atoms with Crippen LogP contribution in [-0.4, -0.2) is 13.0 Å². The molecular formula is C14H9BrClF2NO2. The summed E-state index contributed by atoms with van der Waals surface area (Å²) in [5.41, 5.74) is -0.0688. The standard InChI is InChI=1S/C14H9BrClF2NO2/c1-21-7-2-3-9(15)13(4-7)19-14(20)8-5-12(18)10(16)6-11(8)17/h2-6H,1H3,(H,19,20). The molecule has 0 spiro atoms. The molecular weight excluding hydrogens is 368 g/mol. The number of hydrogen-bond acceptors (Lipinski definition) is 2. The molecule has 0 bridgehead atoms. The summed E-state index contributed by atoms with van der Waals surface area (Å²) in [6, 6.07) is 6.40. The van der Waals surface area contributed by atoms with Crippen LogP contribution in [0.3, 0.4) is 0 Å². The Labute approximate surface area is 133 Å². The minimum Gasteiger partial charge on any atom is -0.497 e. The van der Waals surface area contributed by atoms with E-state index < -0.39 is 23.1 Å². The summed E-state index contributed by atoms with van der Waals surface area (Å²) >= 11 is 8.69. The minimum absolute atomic E-state index is 0.370. The molecule has 0 fully saturated rings. The smallest absolute Gasteiger partial charge is 0.258 e. The highest BCUT2D eigenvalue weighted by molar-refractivity contribution is 9.10. The van der Waals surface area contributed by atoms with E-state index in [1.54, 1.807) is 18.2 Å². The molecule has 0 aliphatic rings. The molecule has 110 valence electrons. The number of nitrogens with one attached hydrogen (secondary N) is 1. The summed E-state index contributed by atoms with van der Waals surface area (Å²) < 4.78 is 32.6. The van der Waals surface area contributed by atoms with Crippen LogP contribution in [0.15, 0.2) is 34.8 Å². The van der Waals surface area contributed by atoms with Crippen molar-refractivity contribution in [1.82, 2.24) is 0 Å². The van der Waals surface area contributed by atoms with Crippen LogP contribution in [0.4, 0.5) is 14.5 Å². The summed E-state index contributed by atoms with van der Waals surface area (Å²) in [7, 11) is 1.48. The zero-order valence-electron chi connectivity index (χ0n) is 10.7. The molecule has 2 aromatic carbocycles. The summed E-state index contributed by atoms with van der Waals surface area (Å²) in [6.07, 6.45) is 0.